The van der Waals surface area contributed by atoms with E-state index in [4.69, 9.17) is 11.6 Å². The van der Waals surface area contributed by atoms with E-state index in [2.05, 4.69) is 10.3 Å². The van der Waals surface area contributed by atoms with Crippen LogP contribution in [0.4, 0.5) is 5.69 Å². The lowest BCUT2D eigenvalue weighted by atomic mass is 10.1. The predicted octanol–water partition coefficient (Wildman–Crippen LogP) is 1.37. The summed E-state index contributed by atoms with van der Waals surface area (Å²) in [7, 11) is 1.36. The minimum Gasteiger partial charge on any atom is -0.310 e. The van der Waals surface area contributed by atoms with Crippen molar-refractivity contribution in [1.82, 2.24) is 5.48 Å². The quantitative estimate of drug-likeness (QED) is 0.843. The number of nitrogens with one attached hydrogen (secondary N) is 1. The molecule has 5 nitrogen and oxygen atoms in total. The molecule has 2 rings (SSSR count). The Morgan fingerprint density at radius 1 is 1.50 bits per heavy atom. The molecule has 18 heavy (non-hydrogen) atoms. The lowest BCUT2D eigenvalue weighted by molar-refractivity contribution is -0.135. The number of hydrogen-bond acceptors (Lipinski definition) is 3. The predicted molar refractivity (Wildman–Crippen MR) is 67.1 cm³/mol. The van der Waals surface area contributed by atoms with Crippen molar-refractivity contribution < 1.29 is 14.4 Å². The number of para-hydroxylation sites is 1. The molecule has 1 fully saturated rings. The lowest BCUT2D eigenvalue weighted by Crippen LogP contribution is -2.32. The third-order valence-corrected chi connectivity index (χ3v) is 3.16. The maximum Gasteiger partial charge on any atom is 0.248 e. The summed E-state index contributed by atoms with van der Waals surface area (Å²) < 4.78 is 0. The molecule has 1 aromatic rings. The van der Waals surface area contributed by atoms with Gasteiger partial charge in [-0.05, 0) is 12.1 Å². The molecule has 0 bridgehead atoms. The van der Waals surface area contributed by atoms with E-state index < -0.39 is 5.92 Å². The molecule has 1 saturated heterocycles. The Hall–Kier alpha value is -1.59. The van der Waals surface area contributed by atoms with E-state index in [1.807, 2.05) is 0 Å². The number of rotatable bonds is 3. The highest BCUT2D eigenvalue weighted by atomic mass is 35.5. The monoisotopic (exact) mass is 268 g/mol. The smallest absolute Gasteiger partial charge is 0.248 e. The SMILES string of the molecule is CONC(=O)C1CC(=O)N(c2ccccc2Cl)C1. The number of carbonyl (C=O) groups excluding carboxylic acids is 2. The zero-order valence-electron chi connectivity index (χ0n) is 9.85. The first-order valence-corrected chi connectivity index (χ1v) is 5.89. The van der Waals surface area contributed by atoms with Crippen LogP contribution in [0, 0.1) is 5.92 Å². The van der Waals surface area contributed by atoms with Crippen molar-refractivity contribution in [2.75, 3.05) is 18.6 Å². The Kier molecular flexibility index (Phi) is 3.84. The van der Waals surface area contributed by atoms with E-state index in [1.54, 1.807) is 24.3 Å². The summed E-state index contributed by atoms with van der Waals surface area (Å²) in [5.41, 5.74) is 2.88. The Morgan fingerprint density at radius 3 is 2.89 bits per heavy atom. The third-order valence-electron chi connectivity index (χ3n) is 2.84. The summed E-state index contributed by atoms with van der Waals surface area (Å²) in [6, 6.07) is 7.07. The van der Waals surface area contributed by atoms with Gasteiger partial charge in [-0.3, -0.25) is 14.4 Å². The van der Waals surface area contributed by atoms with Crippen LogP contribution in [0.15, 0.2) is 24.3 Å². The number of amides is 2. The van der Waals surface area contributed by atoms with E-state index in [-0.39, 0.29) is 18.2 Å². The molecule has 0 radical (unpaired) electrons. The normalized spacial score (nSPS) is 19.1. The Bertz CT molecular complexity index is 478. The van der Waals surface area contributed by atoms with E-state index >= 15 is 0 Å². The number of nitrogens with zero attached hydrogens (tertiary/aromatic N) is 1. The van der Waals surface area contributed by atoms with Gasteiger partial charge in [-0.15, -0.1) is 0 Å². The van der Waals surface area contributed by atoms with E-state index in [0.29, 0.717) is 17.3 Å². The minimum atomic E-state index is -0.409. The molecule has 6 heteroatoms. The Balaban J connectivity index is 2.15. The molecule has 1 unspecified atom stereocenters. The molecular weight excluding hydrogens is 256 g/mol. The molecule has 0 saturated carbocycles. The fourth-order valence-corrected chi connectivity index (χ4v) is 2.21. The number of carbonyl (C=O) groups is 2. The van der Waals surface area contributed by atoms with Crippen molar-refractivity contribution in [3.8, 4) is 0 Å². The van der Waals surface area contributed by atoms with Gasteiger partial charge in [0.15, 0.2) is 0 Å². The summed E-state index contributed by atoms with van der Waals surface area (Å²) in [5, 5.41) is 0.499. The zero-order valence-corrected chi connectivity index (χ0v) is 10.6. The van der Waals surface area contributed by atoms with Crippen LogP contribution in [0.2, 0.25) is 5.02 Å². The maximum atomic E-state index is 11.9. The van der Waals surface area contributed by atoms with Crippen LogP contribution in [-0.4, -0.2) is 25.5 Å². The van der Waals surface area contributed by atoms with Crippen molar-refractivity contribution in [1.29, 1.82) is 0 Å². The van der Waals surface area contributed by atoms with Gasteiger partial charge in [0.25, 0.3) is 0 Å². The van der Waals surface area contributed by atoms with Gasteiger partial charge in [-0.25, -0.2) is 5.48 Å². The van der Waals surface area contributed by atoms with Gasteiger partial charge in [-0.2, -0.15) is 0 Å². The first kappa shape index (κ1) is 12.9. The molecule has 1 N–H and O–H groups in total. The second kappa shape index (κ2) is 5.37. The van der Waals surface area contributed by atoms with Gasteiger partial charge < -0.3 is 4.90 Å². The lowest BCUT2D eigenvalue weighted by Gasteiger charge is -2.17. The number of halogens is 1. The van der Waals surface area contributed by atoms with Crippen molar-refractivity contribution in [3.05, 3.63) is 29.3 Å². The Labute approximate surface area is 110 Å². The van der Waals surface area contributed by atoms with Gasteiger partial charge >= 0.3 is 0 Å². The third kappa shape index (κ3) is 2.47. The van der Waals surface area contributed by atoms with Gasteiger partial charge in [0.05, 0.1) is 23.7 Å². The molecule has 2 amide bonds. The van der Waals surface area contributed by atoms with Crippen molar-refractivity contribution >= 4 is 29.1 Å². The van der Waals surface area contributed by atoms with Crippen LogP contribution in [0.1, 0.15) is 6.42 Å². The first-order chi connectivity index (χ1) is 8.63. The molecule has 1 aromatic carbocycles. The summed E-state index contributed by atoms with van der Waals surface area (Å²) >= 11 is 6.04. The summed E-state index contributed by atoms with van der Waals surface area (Å²) in [4.78, 5) is 29.6. The first-order valence-electron chi connectivity index (χ1n) is 5.51. The van der Waals surface area contributed by atoms with Gasteiger partial charge in [0, 0.05) is 13.0 Å². The second-order valence-corrected chi connectivity index (χ2v) is 4.43. The molecule has 0 spiro atoms. The molecule has 1 aliphatic heterocycles. The summed E-state index contributed by atoms with van der Waals surface area (Å²) in [5.74, 6) is -0.812. The fourth-order valence-electron chi connectivity index (χ4n) is 1.97. The minimum absolute atomic E-state index is 0.112. The fraction of sp³-hybridized carbons (Fsp3) is 0.333. The molecule has 1 atom stereocenters. The molecule has 0 aliphatic carbocycles. The average Bonchev–Trinajstić information content (AvgIpc) is 2.72. The van der Waals surface area contributed by atoms with Crippen molar-refractivity contribution in [2.24, 2.45) is 5.92 Å². The molecule has 1 aliphatic rings. The second-order valence-electron chi connectivity index (χ2n) is 4.03. The molecule has 1 heterocycles. The molecule has 0 aromatic heterocycles. The molecule has 96 valence electrons. The van der Waals surface area contributed by atoms with E-state index in [0.717, 1.165) is 0 Å². The van der Waals surface area contributed by atoms with E-state index in [1.165, 1.54) is 12.0 Å². The van der Waals surface area contributed by atoms with Gasteiger partial charge in [0.1, 0.15) is 0 Å². The van der Waals surface area contributed by atoms with Crippen molar-refractivity contribution in [2.45, 2.75) is 6.42 Å². The number of benzene rings is 1. The van der Waals surface area contributed by atoms with Crippen LogP contribution < -0.4 is 10.4 Å². The van der Waals surface area contributed by atoms with Crippen molar-refractivity contribution in [3.63, 3.8) is 0 Å². The van der Waals surface area contributed by atoms with Crippen LogP contribution in [0.5, 0.6) is 0 Å². The van der Waals surface area contributed by atoms with Crippen LogP contribution in [-0.2, 0) is 14.4 Å². The van der Waals surface area contributed by atoms with Crippen LogP contribution in [0.25, 0.3) is 0 Å². The number of hydroxylamine groups is 1. The highest BCUT2D eigenvalue weighted by Gasteiger charge is 2.35. The largest absolute Gasteiger partial charge is 0.310 e. The average molecular weight is 269 g/mol. The van der Waals surface area contributed by atoms with Gasteiger partial charge in [0.2, 0.25) is 11.8 Å². The number of hydrogen-bond donors (Lipinski definition) is 1. The number of anilines is 1. The van der Waals surface area contributed by atoms with Crippen LogP contribution >= 0.6 is 11.6 Å². The highest BCUT2D eigenvalue weighted by Crippen LogP contribution is 2.30. The Morgan fingerprint density at radius 2 is 2.22 bits per heavy atom. The zero-order chi connectivity index (χ0) is 13.1. The van der Waals surface area contributed by atoms with Crippen LogP contribution in [0.3, 0.4) is 0 Å². The summed E-state index contributed by atoms with van der Waals surface area (Å²) in [6.07, 6.45) is 0.167. The van der Waals surface area contributed by atoms with Gasteiger partial charge in [-0.1, -0.05) is 23.7 Å². The highest BCUT2D eigenvalue weighted by molar-refractivity contribution is 6.33. The maximum absolute atomic E-state index is 11.9. The topological polar surface area (TPSA) is 58.6 Å². The molecular formula is C12H13ClN2O3. The van der Waals surface area contributed by atoms with E-state index in [9.17, 15) is 9.59 Å². The standard InChI is InChI=1S/C12H13ClN2O3/c1-18-14-12(17)8-6-11(16)15(7-8)10-5-3-2-4-9(10)13/h2-5,8H,6-7H2,1H3,(H,14,17). The summed E-state index contributed by atoms with van der Waals surface area (Å²) in [6.45, 7) is 0.317.